The van der Waals surface area contributed by atoms with E-state index in [2.05, 4.69) is 58.3 Å². The number of morpholine rings is 2. The maximum Gasteiger partial charge on any atom is 0.145 e. The Morgan fingerprint density at radius 2 is 0.947 bits per heavy atom. The number of hydrogen-bond donors (Lipinski definition) is 0. The molecule has 2 saturated heterocycles. The lowest BCUT2D eigenvalue weighted by Crippen LogP contribution is -2.49. The average molecular weight is 596 g/mol. The molecule has 4 nitrogen and oxygen atoms in total. The van der Waals surface area contributed by atoms with E-state index in [1.54, 1.807) is 0 Å². The second-order valence-electron chi connectivity index (χ2n) is 11.6. The highest BCUT2D eigenvalue weighted by molar-refractivity contribution is 6.54. The van der Waals surface area contributed by atoms with Crippen LogP contribution in [0.5, 0.6) is 0 Å². The van der Waals surface area contributed by atoms with Crippen LogP contribution in [0.3, 0.4) is 0 Å². The molecule has 2 heterocycles. The molecular formula is C30H34Cl4N2O2. The Kier molecular flexibility index (Phi) is 6.58. The topological polar surface area (TPSA) is 24.9 Å². The molecule has 4 aliphatic carbocycles. The molecule has 8 rings (SSSR count). The van der Waals surface area contributed by atoms with Crippen LogP contribution in [0.25, 0.3) is 0 Å². The van der Waals surface area contributed by atoms with E-state index >= 15 is 0 Å². The summed E-state index contributed by atoms with van der Waals surface area (Å²) in [5.74, 6) is 0.512. The number of alkyl halides is 4. The van der Waals surface area contributed by atoms with Gasteiger partial charge in [-0.3, -0.25) is 9.80 Å². The average Bonchev–Trinajstić information content (AvgIpc) is 3.72. The van der Waals surface area contributed by atoms with Crippen molar-refractivity contribution in [3.8, 4) is 0 Å². The van der Waals surface area contributed by atoms with Gasteiger partial charge in [0, 0.05) is 38.0 Å². The van der Waals surface area contributed by atoms with Gasteiger partial charge in [0.05, 0.1) is 37.5 Å². The van der Waals surface area contributed by atoms with Gasteiger partial charge in [-0.15, -0.1) is 0 Å². The van der Waals surface area contributed by atoms with Gasteiger partial charge in [0.1, 0.15) is 8.67 Å². The molecule has 0 amide bonds. The van der Waals surface area contributed by atoms with E-state index in [9.17, 15) is 0 Å². The summed E-state index contributed by atoms with van der Waals surface area (Å²) >= 11 is 26.9. The fourth-order valence-corrected chi connectivity index (χ4v) is 10.4. The van der Waals surface area contributed by atoms with E-state index in [-0.39, 0.29) is 22.9 Å². The first kappa shape index (κ1) is 26.3. The van der Waals surface area contributed by atoms with Crippen molar-refractivity contribution in [3.63, 3.8) is 0 Å². The fourth-order valence-electron chi connectivity index (χ4n) is 8.18. The first-order chi connectivity index (χ1) is 18.4. The van der Waals surface area contributed by atoms with E-state index in [0.29, 0.717) is 0 Å². The van der Waals surface area contributed by atoms with Crippen LogP contribution in [-0.2, 0) is 22.3 Å². The Morgan fingerprint density at radius 1 is 0.579 bits per heavy atom. The first-order valence-electron chi connectivity index (χ1n) is 13.9. The Hall–Kier alpha value is -0.560. The summed E-state index contributed by atoms with van der Waals surface area (Å²) in [5.41, 5.74) is 5.41. The predicted molar refractivity (Wildman–Crippen MR) is 154 cm³/mol. The molecule has 2 aromatic rings. The number of nitrogens with zero attached hydrogens (tertiary/aromatic N) is 2. The van der Waals surface area contributed by atoms with Gasteiger partial charge < -0.3 is 9.47 Å². The number of rotatable bonds is 2. The van der Waals surface area contributed by atoms with Crippen LogP contribution in [0.2, 0.25) is 0 Å². The monoisotopic (exact) mass is 594 g/mol. The smallest absolute Gasteiger partial charge is 0.145 e. The summed E-state index contributed by atoms with van der Waals surface area (Å²) in [4.78, 5) is 4.94. The van der Waals surface area contributed by atoms with Crippen molar-refractivity contribution >= 4 is 46.4 Å². The normalized spacial score (nSPS) is 36.4. The van der Waals surface area contributed by atoms with Gasteiger partial charge in [-0.2, -0.15) is 0 Å². The number of benzene rings is 2. The molecule has 38 heavy (non-hydrogen) atoms. The van der Waals surface area contributed by atoms with Crippen LogP contribution < -0.4 is 0 Å². The molecule has 0 aromatic heterocycles. The highest BCUT2D eigenvalue weighted by Crippen LogP contribution is 2.75. The molecule has 4 atom stereocenters. The number of fused-ring (bicyclic) bond motifs is 6. The largest absolute Gasteiger partial charge is 0.379 e. The summed E-state index contributed by atoms with van der Waals surface area (Å²) in [5, 5.41) is 0. The van der Waals surface area contributed by atoms with Crippen molar-refractivity contribution in [2.45, 2.75) is 57.3 Å². The molecular weight excluding hydrogens is 562 g/mol. The molecule has 204 valence electrons. The van der Waals surface area contributed by atoms with Crippen LogP contribution in [0, 0.1) is 0 Å². The summed E-state index contributed by atoms with van der Waals surface area (Å²) < 4.78 is 9.64. The molecule has 0 N–H and O–H groups in total. The minimum absolute atomic E-state index is 0.0613. The second kappa shape index (κ2) is 9.49. The van der Waals surface area contributed by atoms with Gasteiger partial charge in [0.2, 0.25) is 0 Å². The maximum atomic E-state index is 6.71. The summed E-state index contributed by atoms with van der Waals surface area (Å²) in [6.07, 6.45) is 4.26. The van der Waals surface area contributed by atoms with Crippen molar-refractivity contribution in [2.75, 3.05) is 52.6 Å². The highest BCUT2D eigenvalue weighted by Gasteiger charge is 2.80. The van der Waals surface area contributed by atoms with Gasteiger partial charge in [-0.05, 0) is 47.9 Å². The van der Waals surface area contributed by atoms with Crippen molar-refractivity contribution in [1.82, 2.24) is 9.80 Å². The summed E-state index contributed by atoms with van der Waals surface area (Å²) in [6, 6.07) is 17.2. The van der Waals surface area contributed by atoms with Crippen LogP contribution >= 0.6 is 46.4 Å². The Labute approximate surface area is 245 Å². The first-order valence-corrected chi connectivity index (χ1v) is 15.4. The quantitative estimate of drug-likeness (QED) is 0.401. The zero-order chi connectivity index (χ0) is 26.2. The van der Waals surface area contributed by atoms with E-state index in [1.807, 2.05) is 0 Å². The van der Waals surface area contributed by atoms with Crippen molar-refractivity contribution < 1.29 is 9.47 Å². The highest BCUT2D eigenvalue weighted by atomic mass is 35.5. The molecule has 0 radical (unpaired) electrons. The zero-order valence-corrected chi connectivity index (χ0v) is 24.5. The molecule has 4 fully saturated rings. The molecule has 0 bridgehead atoms. The van der Waals surface area contributed by atoms with Gasteiger partial charge in [-0.1, -0.05) is 94.9 Å². The van der Waals surface area contributed by atoms with Gasteiger partial charge in [0.25, 0.3) is 0 Å². The fraction of sp³-hybridized carbons (Fsp3) is 0.600. The Bertz CT molecular complexity index is 1120. The Balaban J connectivity index is 0.000000127. The number of halogens is 4. The van der Waals surface area contributed by atoms with Crippen LogP contribution in [0.4, 0.5) is 0 Å². The SMILES string of the molecule is ClC1(Cl)[C@H]2c3ccccc3CC[C@]21N1CCOCC1.ClC1(Cl)[C@H]2c3ccccc3CC[C@]21N1CCOCC1. The van der Waals surface area contributed by atoms with E-state index in [0.717, 1.165) is 78.3 Å². The summed E-state index contributed by atoms with van der Waals surface area (Å²) in [7, 11) is 0. The summed E-state index contributed by atoms with van der Waals surface area (Å²) in [6.45, 7) is 6.94. The third-order valence-corrected chi connectivity index (χ3v) is 12.3. The second-order valence-corrected chi connectivity index (χ2v) is 14.3. The molecule has 0 unspecified atom stereocenters. The van der Waals surface area contributed by atoms with Crippen LogP contribution in [-0.4, -0.2) is 82.2 Å². The number of hydrogen-bond acceptors (Lipinski definition) is 4. The van der Waals surface area contributed by atoms with Crippen molar-refractivity contribution in [2.24, 2.45) is 0 Å². The lowest BCUT2D eigenvalue weighted by molar-refractivity contribution is 0.00414. The van der Waals surface area contributed by atoms with Gasteiger partial charge in [-0.25, -0.2) is 0 Å². The van der Waals surface area contributed by atoms with Gasteiger partial charge >= 0.3 is 0 Å². The van der Waals surface area contributed by atoms with Crippen LogP contribution in [0.15, 0.2) is 48.5 Å². The minimum atomic E-state index is -0.642. The molecule has 6 aliphatic rings. The lowest BCUT2D eigenvalue weighted by Gasteiger charge is -2.38. The Morgan fingerprint density at radius 3 is 1.34 bits per heavy atom. The maximum absolute atomic E-state index is 6.71. The van der Waals surface area contributed by atoms with Crippen molar-refractivity contribution in [1.29, 1.82) is 0 Å². The minimum Gasteiger partial charge on any atom is -0.379 e. The molecule has 0 spiro atoms. The standard InChI is InChI=1S/2C15H17Cl2NO/c2*16-15(17)13-12-4-2-1-3-11(12)5-6-14(13,15)18-7-9-19-10-8-18/h2*1-4,13H,5-10H2/t2*13-,14-/m00/s1. The molecule has 2 aliphatic heterocycles. The molecule has 8 heteroatoms. The molecule has 2 saturated carbocycles. The van der Waals surface area contributed by atoms with E-state index < -0.39 is 8.67 Å². The number of ether oxygens (including phenoxy) is 2. The zero-order valence-electron chi connectivity index (χ0n) is 21.5. The van der Waals surface area contributed by atoms with Gasteiger partial charge in [0.15, 0.2) is 0 Å². The number of aryl methyl sites for hydroxylation is 2. The van der Waals surface area contributed by atoms with E-state index in [4.69, 9.17) is 55.9 Å². The van der Waals surface area contributed by atoms with Crippen molar-refractivity contribution in [3.05, 3.63) is 70.8 Å². The molecule has 2 aromatic carbocycles. The third-order valence-electron chi connectivity index (χ3n) is 10.1. The third kappa shape index (κ3) is 3.64. The predicted octanol–water partition coefficient (Wildman–Crippen LogP) is 5.95. The van der Waals surface area contributed by atoms with Crippen LogP contribution in [0.1, 0.15) is 46.9 Å². The lowest BCUT2D eigenvalue weighted by atomic mass is 9.87. The van der Waals surface area contributed by atoms with E-state index in [1.165, 1.54) is 22.3 Å².